The molecule has 2 N–H and O–H groups in total. The number of nitrogens with zero attached hydrogens (tertiary/aromatic N) is 4. The summed E-state index contributed by atoms with van der Waals surface area (Å²) in [6.07, 6.45) is 7.68. The van der Waals surface area contributed by atoms with Crippen LogP contribution >= 0.6 is 11.6 Å². The van der Waals surface area contributed by atoms with Gasteiger partial charge in [0.1, 0.15) is 23.3 Å². The van der Waals surface area contributed by atoms with Gasteiger partial charge in [-0.15, -0.1) is 0 Å². The first-order valence-corrected chi connectivity index (χ1v) is 17.8. The van der Waals surface area contributed by atoms with E-state index in [4.69, 9.17) is 16.3 Å². The Balaban J connectivity index is 0.959. The number of methoxy groups -OCH3 is 1. The smallest absolute Gasteiger partial charge is 0.259 e. The average molecular weight is 719 g/mol. The number of aromatic nitrogens is 2. The Hall–Kier alpha value is -4.55. The fourth-order valence-electron chi connectivity index (χ4n) is 7.84. The molecule has 10 nitrogen and oxygen atoms in total. The molecule has 7 rings (SSSR count). The van der Waals surface area contributed by atoms with E-state index in [1.165, 1.54) is 10.6 Å². The lowest BCUT2D eigenvalue weighted by Crippen LogP contribution is -2.49. The van der Waals surface area contributed by atoms with Gasteiger partial charge in [0, 0.05) is 86.6 Å². The van der Waals surface area contributed by atoms with E-state index in [0.717, 1.165) is 22.1 Å². The molecule has 51 heavy (non-hydrogen) atoms. The molecule has 0 bridgehead atoms. The normalized spacial score (nSPS) is 20.0. The number of hydrogen-bond acceptors (Lipinski definition) is 8. The summed E-state index contributed by atoms with van der Waals surface area (Å²) in [5.74, 6) is -0.613. The van der Waals surface area contributed by atoms with Crippen molar-refractivity contribution in [3.63, 3.8) is 0 Å². The Morgan fingerprint density at radius 2 is 1.78 bits per heavy atom. The van der Waals surface area contributed by atoms with E-state index in [1.54, 1.807) is 44.9 Å². The van der Waals surface area contributed by atoms with Gasteiger partial charge in [-0.2, -0.15) is 0 Å². The number of ether oxygens (including phenoxy) is 1. The van der Waals surface area contributed by atoms with Gasteiger partial charge in [0.25, 0.3) is 5.56 Å². The molecule has 3 saturated heterocycles. The standard InChI is InChI=1S/C38H41ClF2N6O4/c1-45-12-9-26-27(20-42-21-28(26)37(45)50)23-17-30(39)29(34(18-23)51-2)22-46-15-10-38(41,11-16-46)24-7-13-47(14-8-24)33-5-3-25(19-31(33)40)43-32-4-6-35(48)44-36(32)49/h3,5,9,12,17-21,24,32,43H,4,6-8,10-11,13-16,22H2,1-2H3,(H,44,48,49). The zero-order chi connectivity index (χ0) is 35.9. The molecule has 0 aliphatic carbocycles. The highest BCUT2D eigenvalue weighted by Gasteiger charge is 2.43. The van der Waals surface area contributed by atoms with Crippen molar-refractivity contribution in [3.05, 3.63) is 81.7 Å². The van der Waals surface area contributed by atoms with Crippen molar-refractivity contribution >= 4 is 45.6 Å². The summed E-state index contributed by atoms with van der Waals surface area (Å²) in [6.45, 7) is 2.77. The molecule has 3 aliphatic heterocycles. The maximum Gasteiger partial charge on any atom is 0.259 e. The average Bonchev–Trinajstić information content (AvgIpc) is 3.12. The first-order valence-electron chi connectivity index (χ1n) is 17.4. The quantitative estimate of drug-likeness (QED) is 0.219. The predicted octanol–water partition coefficient (Wildman–Crippen LogP) is 5.84. The third-order valence-electron chi connectivity index (χ3n) is 10.9. The number of hydrogen-bond donors (Lipinski definition) is 2. The number of benzene rings is 2. The molecular weight excluding hydrogens is 678 g/mol. The Labute approximate surface area is 299 Å². The lowest BCUT2D eigenvalue weighted by molar-refractivity contribution is -0.133. The summed E-state index contributed by atoms with van der Waals surface area (Å²) in [7, 11) is 3.31. The van der Waals surface area contributed by atoms with Crippen molar-refractivity contribution in [1.29, 1.82) is 0 Å². The zero-order valence-corrected chi connectivity index (χ0v) is 29.4. The predicted molar refractivity (Wildman–Crippen MR) is 193 cm³/mol. The highest BCUT2D eigenvalue weighted by Crippen LogP contribution is 2.42. The minimum absolute atomic E-state index is 0.115. The Morgan fingerprint density at radius 1 is 1.02 bits per heavy atom. The molecule has 5 heterocycles. The van der Waals surface area contributed by atoms with E-state index in [2.05, 4.69) is 20.5 Å². The highest BCUT2D eigenvalue weighted by atomic mass is 35.5. The molecule has 2 aromatic carbocycles. The maximum atomic E-state index is 16.5. The van der Waals surface area contributed by atoms with Crippen LogP contribution in [0.3, 0.4) is 0 Å². The summed E-state index contributed by atoms with van der Waals surface area (Å²) >= 11 is 6.88. The largest absolute Gasteiger partial charge is 0.496 e. The summed E-state index contributed by atoms with van der Waals surface area (Å²) in [5.41, 5.74) is 1.91. The van der Waals surface area contributed by atoms with Crippen LogP contribution in [0.15, 0.2) is 59.8 Å². The number of imide groups is 1. The minimum atomic E-state index is -1.30. The monoisotopic (exact) mass is 718 g/mol. The van der Waals surface area contributed by atoms with Gasteiger partial charge < -0.3 is 19.5 Å². The molecular formula is C38H41ClF2N6O4. The van der Waals surface area contributed by atoms with Crippen LogP contribution in [-0.4, -0.2) is 71.3 Å². The van der Waals surface area contributed by atoms with E-state index >= 15 is 8.78 Å². The number of amides is 2. The number of anilines is 2. The summed E-state index contributed by atoms with van der Waals surface area (Å²) in [4.78, 5) is 44.7. The minimum Gasteiger partial charge on any atom is -0.496 e. The Morgan fingerprint density at radius 3 is 2.49 bits per heavy atom. The second-order valence-corrected chi connectivity index (χ2v) is 14.3. The third-order valence-corrected chi connectivity index (χ3v) is 11.2. The maximum absolute atomic E-state index is 16.5. The first kappa shape index (κ1) is 34.9. The van der Waals surface area contributed by atoms with Crippen LogP contribution in [0.2, 0.25) is 5.02 Å². The van der Waals surface area contributed by atoms with Crippen molar-refractivity contribution in [2.75, 3.05) is 43.5 Å². The van der Waals surface area contributed by atoms with Gasteiger partial charge >= 0.3 is 0 Å². The van der Waals surface area contributed by atoms with Crippen LogP contribution in [0.4, 0.5) is 20.2 Å². The van der Waals surface area contributed by atoms with E-state index in [0.29, 0.717) is 92.4 Å². The van der Waals surface area contributed by atoms with Crippen LogP contribution in [0, 0.1) is 11.7 Å². The van der Waals surface area contributed by atoms with E-state index in [9.17, 15) is 14.4 Å². The number of fused-ring (bicyclic) bond motifs is 1. The zero-order valence-electron chi connectivity index (χ0n) is 28.7. The van der Waals surface area contributed by atoms with Gasteiger partial charge in [-0.1, -0.05) is 11.6 Å². The lowest BCUT2D eigenvalue weighted by Gasteiger charge is -2.44. The molecule has 2 amide bonds. The molecule has 3 fully saturated rings. The fraction of sp³-hybridized carbons (Fsp3) is 0.421. The second-order valence-electron chi connectivity index (χ2n) is 13.9. The molecule has 0 radical (unpaired) electrons. The number of halogens is 3. The van der Waals surface area contributed by atoms with E-state index in [-0.39, 0.29) is 23.8 Å². The first-order chi connectivity index (χ1) is 24.5. The number of nitrogens with one attached hydrogen (secondary N) is 2. The van der Waals surface area contributed by atoms with Crippen LogP contribution < -0.4 is 25.8 Å². The fourth-order valence-corrected chi connectivity index (χ4v) is 8.11. The number of carbonyl (C=O) groups excluding carboxylic acids is 2. The van der Waals surface area contributed by atoms with Crippen molar-refractivity contribution in [2.24, 2.45) is 13.0 Å². The van der Waals surface area contributed by atoms with Gasteiger partial charge in [-0.05, 0) is 85.4 Å². The molecule has 13 heteroatoms. The summed E-state index contributed by atoms with van der Waals surface area (Å²) in [5, 5.41) is 7.15. The van der Waals surface area contributed by atoms with Crippen molar-refractivity contribution in [2.45, 2.75) is 56.8 Å². The summed E-state index contributed by atoms with van der Waals surface area (Å²) in [6, 6.07) is 9.89. The van der Waals surface area contributed by atoms with Gasteiger partial charge in [0.15, 0.2) is 0 Å². The SMILES string of the molecule is COc1cc(-c2cncc3c(=O)n(C)ccc23)cc(Cl)c1CN1CCC(F)(C2CCN(c3ccc(NC4CCC(=O)NC4=O)cc3F)CC2)CC1. The molecule has 4 aromatic rings. The van der Waals surface area contributed by atoms with Crippen molar-refractivity contribution in [3.8, 4) is 16.9 Å². The van der Waals surface area contributed by atoms with Crippen LogP contribution in [0.5, 0.6) is 5.75 Å². The van der Waals surface area contributed by atoms with Gasteiger partial charge in [0.2, 0.25) is 11.8 Å². The van der Waals surface area contributed by atoms with Crippen molar-refractivity contribution < 1.29 is 23.1 Å². The molecule has 0 saturated carbocycles. The second kappa shape index (κ2) is 14.2. The lowest BCUT2D eigenvalue weighted by atomic mass is 9.76. The Kier molecular flexibility index (Phi) is 9.73. The van der Waals surface area contributed by atoms with Crippen molar-refractivity contribution in [1.82, 2.24) is 19.8 Å². The van der Waals surface area contributed by atoms with Gasteiger partial charge in [-0.25, -0.2) is 8.78 Å². The molecule has 2 aromatic heterocycles. The number of alkyl halides is 1. The number of piperidine rings is 3. The van der Waals surface area contributed by atoms with Crippen LogP contribution in [0.1, 0.15) is 44.1 Å². The topological polar surface area (TPSA) is 109 Å². The van der Waals surface area contributed by atoms with E-state index in [1.807, 2.05) is 23.1 Å². The molecule has 1 atom stereocenters. The van der Waals surface area contributed by atoms with Crippen LogP contribution in [-0.2, 0) is 23.2 Å². The Bertz CT molecular complexity index is 2040. The molecule has 3 aliphatic rings. The van der Waals surface area contributed by atoms with E-state index < -0.39 is 23.4 Å². The highest BCUT2D eigenvalue weighted by molar-refractivity contribution is 6.32. The number of likely N-dealkylation sites (tertiary alicyclic amines) is 1. The van der Waals surface area contributed by atoms with Gasteiger partial charge in [-0.3, -0.25) is 29.6 Å². The number of carbonyl (C=O) groups is 2. The summed E-state index contributed by atoms with van der Waals surface area (Å²) < 4.78 is 39.0. The molecule has 1 unspecified atom stereocenters. The number of rotatable bonds is 8. The molecule has 268 valence electrons. The number of aryl methyl sites for hydroxylation is 1. The van der Waals surface area contributed by atoms with Gasteiger partial charge in [0.05, 0.1) is 18.2 Å². The van der Waals surface area contributed by atoms with Crippen LogP contribution in [0.25, 0.3) is 21.9 Å². The number of pyridine rings is 2. The molecule has 0 spiro atoms. The third kappa shape index (κ3) is 7.03.